The van der Waals surface area contributed by atoms with Gasteiger partial charge < -0.3 is 5.32 Å². The molecule has 0 radical (unpaired) electrons. The fourth-order valence-corrected chi connectivity index (χ4v) is 5.25. The van der Waals surface area contributed by atoms with E-state index in [9.17, 15) is 8.42 Å². The normalized spacial score (nSPS) is 21.1. The van der Waals surface area contributed by atoms with Crippen molar-refractivity contribution in [2.24, 2.45) is 11.3 Å². The van der Waals surface area contributed by atoms with Gasteiger partial charge in [-0.25, -0.2) is 13.1 Å². The van der Waals surface area contributed by atoms with Crippen LogP contribution in [0.3, 0.4) is 0 Å². The highest BCUT2D eigenvalue weighted by molar-refractivity contribution is 7.91. The molecular weight excluding hydrogens is 292 g/mol. The Balaban J connectivity index is 1.61. The molecule has 6 heteroatoms. The Bertz CT molecular complexity index is 572. The van der Waals surface area contributed by atoms with Crippen molar-refractivity contribution in [1.82, 2.24) is 10.0 Å². The molecule has 0 amide bonds. The fourth-order valence-electron chi connectivity index (χ4n) is 2.74. The van der Waals surface area contributed by atoms with Crippen LogP contribution in [-0.2, 0) is 16.6 Å². The molecule has 0 spiro atoms. The third kappa shape index (κ3) is 3.08. The average molecular weight is 314 g/mol. The van der Waals surface area contributed by atoms with E-state index in [1.807, 2.05) is 13.0 Å². The molecule has 20 heavy (non-hydrogen) atoms. The van der Waals surface area contributed by atoms with E-state index in [-0.39, 0.29) is 0 Å². The molecule has 2 N–H and O–H groups in total. The second kappa shape index (κ2) is 5.40. The maximum Gasteiger partial charge on any atom is 0.250 e. The van der Waals surface area contributed by atoms with Crippen molar-refractivity contribution in [3.63, 3.8) is 0 Å². The smallest absolute Gasteiger partial charge is 0.250 e. The van der Waals surface area contributed by atoms with Gasteiger partial charge in [0, 0.05) is 18.0 Å². The Kier molecular flexibility index (Phi) is 3.92. The first kappa shape index (κ1) is 14.5. The molecule has 1 aromatic heterocycles. The van der Waals surface area contributed by atoms with E-state index in [0.29, 0.717) is 16.2 Å². The maximum absolute atomic E-state index is 12.3. The van der Waals surface area contributed by atoms with Crippen LogP contribution in [0.15, 0.2) is 16.3 Å². The molecule has 2 fully saturated rings. The first-order valence-corrected chi connectivity index (χ1v) is 9.65. The number of hydrogen-bond donors (Lipinski definition) is 2. The molecular formula is C14H22N2O2S2. The molecule has 0 saturated heterocycles. The third-order valence-corrected chi connectivity index (χ3v) is 7.38. The lowest BCUT2D eigenvalue weighted by Gasteiger charge is -2.14. The van der Waals surface area contributed by atoms with Gasteiger partial charge in [0.15, 0.2) is 0 Å². The highest BCUT2D eigenvalue weighted by Crippen LogP contribution is 2.60. The molecule has 0 aromatic carbocycles. The van der Waals surface area contributed by atoms with Gasteiger partial charge in [-0.2, -0.15) is 0 Å². The Morgan fingerprint density at radius 3 is 2.70 bits per heavy atom. The van der Waals surface area contributed by atoms with Crippen molar-refractivity contribution in [2.75, 3.05) is 13.1 Å². The third-order valence-electron chi connectivity index (χ3n) is 4.40. The van der Waals surface area contributed by atoms with Gasteiger partial charge in [-0.1, -0.05) is 6.92 Å². The van der Waals surface area contributed by atoms with Crippen molar-refractivity contribution < 1.29 is 8.42 Å². The van der Waals surface area contributed by atoms with E-state index in [0.717, 1.165) is 23.9 Å². The highest BCUT2D eigenvalue weighted by atomic mass is 32.2. The van der Waals surface area contributed by atoms with Crippen LogP contribution in [0.25, 0.3) is 0 Å². The van der Waals surface area contributed by atoms with Gasteiger partial charge in [0.2, 0.25) is 10.0 Å². The second-order valence-electron chi connectivity index (χ2n) is 5.96. The summed E-state index contributed by atoms with van der Waals surface area (Å²) in [5.41, 5.74) is 0.303. The van der Waals surface area contributed by atoms with Crippen molar-refractivity contribution in [3.8, 4) is 0 Å². The van der Waals surface area contributed by atoms with Crippen LogP contribution in [0.5, 0.6) is 0 Å². The van der Waals surface area contributed by atoms with Gasteiger partial charge in [-0.05, 0) is 55.7 Å². The Morgan fingerprint density at radius 2 is 2.10 bits per heavy atom. The molecule has 1 heterocycles. The van der Waals surface area contributed by atoms with Gasteiger partial charge in [0.25, 0.3) is 0 Å². The zero-order chi connectivity index (χ0) is 14.2. The first-order chi connectivity index (χ1) is 9.56. The largest absolute Gasteiger partial charge is 0.312 e. The summed E-state index contributed by atoms with van der Waals surface area (Å²) in [5.74, 6) is 0.776. The highest BCUT2D eigenvalue weighted by Gasteiger charge is 2.53. The minimum Gasteiger partial charge on any atom is -0.312 e. The van der Waals surface area contributed by atoms with Crippen molar-refractivity contribution in [2.45, 2.75) is 43.4 Å². The lowest BCUT2D eigenvalue weighted by atomic mass is 10.0. The molecule has 0 bridgehead atoms. The maximum atomic E-state index is 12.3. The lowest BCUT2D eigenvalue weighted by molar-refractivity contribution is 0.432. The van der Waals surface area contributed by atoms with Crippen molar-refractivity contribution >= 4 is 21.4 Å². The van der Waals surface area contributed by atoms with Gasteiger partial charge in [0.1, 0.15) is 4.21 Å². The van der Waals surface area contributed by atoms with Gasteiger partial charge in [0.05, 0.1) is 0 Å². The van der Waals surface area contributed by atoms with E-state index in [4.69, 9.17) is 0 Å². The van der Waals surface area contributed by atoms with Crippen LogP contribution < -0.4 is 10.0 Å². The number of sulfonamides is 1. The van der Waals surface area contributed by atoms with E-state index in [2.05, 4.69) is 10.0 Å². The second-order valence-corrected chi connectivity index (χ2v) is 9.12. The van der Waals surface area contributed by atoms with Crippen molar-refractivity contribution in [1.29, 1.82) is 0 Å². The molecule has 4 nitrogen and oxygen atoms in total. The molecule has 0 atom stereocenters. The minimum atomic E-state index is -3.32. The minimum absolute atomic E-state index is 0.303. The van der Waals surface area contributed by atoms with Gasteiger partial charge in [-0.15, -0.1) is 11.3 Å². The molecule has 1 aromatic rings. The number of hydrogen-bond acceptors (Lipinski definition) is 4. The van der Waals surface area contributed by atoms with E-state index in [1.165, 1.54) is 37.0 Å². The van der Waals surface area contributed by atoms with E-state index >= 15 is 0 Å². The lowest BCUT2D eigenvalue weighted by Crippen LogP contribution is -2.30. The van der Waals surface area contributed by atoms with Crippen LogP contribution in [0, 0.1) is 11.3 Å². The molecule has 2 aliphatic rings. The first-order valence-electron chi connectivity index (χ1n) is 7.35. The summed E-state index contributed by atoms with van der Waals surface area (Å²) >= 11 is 1.36. The Hall–Kier alpha value is -0.430. The average Bonchev–Trinajstić information content (AvgIpc) is 3.32. The van der Waals surface area contributed by atoms with Crippen molar-refractivity contribution in [3.05, 3.63) is 17.0 Å². The number of thiophene rings is 1. The summed E-state index contributed by atoms with van der Waals surface area (Å²) in [6.07, 6.45) is 4.95. The zero-order valence-electron chi connectivity index (χ0n) is 11.8. The van der Waals surface area contributed by atoms with Crippen LogP contribution >= 0.6 is 11.3 Å². The van der Waals surface area contributed by atoms with Crippen LogP contribution in [-0.4, -0.2) is 21.5 Å². The standard InChI is InChI=1S/C14H22N2O2S2/c1-2-15-9-12-5-6-13(19-12)20(17,18)16-10-14(7-8-14)11-3-4-11/h5-6,11,15-16H,2-4,7-10H2,1H3. The van der Waals surface area contributed by atoms with Crippen LogP contribution in [0.1, 0.15) is 37.5 Å². The van der Waals surface area contributed by atoms with E-state index < -0.39 is 10.0 Å². The van der Waals surface area contributed by atoms with Gasteiger partial charge >= 0.3 is 0 Å². The summed E-state index contributed by atoms with van der Waals surface area (Å²) in [7, 11) is -3.32. The predicted molar refractivity (Wildman–Crippen MR) is 81.3 cm³/mol. The SMILES string of the molecule is CCNCc1ccc(S(=O)(=O)NCC2(C3CC3)CC2)s1. The summed E-state index contributed by atoms with van der Waals surface area (Å²) in [5, 5.41) is 3.21. The number of nitrogens with one attached hydrogen (secondary N) is 2. The molecule has 3 rings (SSSR count). The van der Waals surface area contributed by atoms with Crippen LogP contribution in [0.4, 0.5) is 0 Å². The zero-order valence-corrected chi connectivity index (χ0v) is 13.4. The quantitative estimate of drug-likeness (QED) is 0.774. The molecule has 2 saturated carbocycles. The summed E-state index contributed by atoms with van der Waals surface area (Å²) in [6.45, 7) is 4.30. The Labute approximate surface area is 125 Å². The predicted octanol–water partition coefficient (Wildman–Crippen LogP) is 2.33. The van der Waals surface area contributed by atoms with Gasteiger partial charge in [-0.3, -0.25) is 0 Å². The fraction of sp³-hybridized carbons (Fsp3) is 0.714. The number of rotatable bonds is 8. The summed E-state index contributed by atoms with van der Waals surface area (Å²) in [4.78, 5) is 1.07. The Morgan fingerprint density at radius 1 is 1.35 bits per heavy atom. The summed E-state index contributed by atoms with van der Waals surface area (Å²) < 4.78 is 27.9. The summed E-state index contributed by atoms with van der Waals surface area (Å²) in [6, 6.07) is 3.62. The van der Waals surface area contributed by atoms with Crippen LogP contribution in [0.2, 0.25) is 0 Å². The van der Waals surface area contributed by atoms with E-state index in [1.54, 1.807) is 6.07 Å². The molecule has 0 unspecified atom stereocenters. The topological polar surface area (TPSA) is 58.2 Å². The molecule has 112 valence electrons. The monoisotopic (exact) mass is 314 g/mol. The molecule has 0 aliphatic heterocycles. The molecule has 2 aliphatic carbocycles.